The highest BCUT2D eigenvalue weighted by Crippen LogP contribution is 2.27. The monoisotopic (exact) mass is 219 g/mol. The minimum absolute atomic E-state index is 0.0845. The molecule has 0 amide bonds. The summed E-state index contributed by atoms with van der Waals surface area (Å²) in [7, 11) is 1.70. The molecule has 1 aromatic carbocycles. The Hall–Kier alpha value is -1.28. The molecule has 0 spiro atoms. The molecule has 0 bridgehead atoms. The van der Waals surface area contributed by atoms with Gasteiger partial charge in [0, 0.05) is 6.04 Å². The lowest BCUT2D eigenvalue weighted by Crippen LogP contribution is -2.10. The first-order valence-corrected chi connectivity index (χ1v) is 5.61. The maximum atomic E-state index is 6.12. The summed E-state index contributed by atoms with van der Waals surface area (Å²) in [6.45, 7) is 7.82. The Balaban J connectivity index is 2.94. The van der Waals surface area contributed by atoms with Crippen LogP contribution in [0.25, 0.3) is 0 Å². The molecule has 2 N–H and O–H groups in total. The Morgan fingerprint density at radius 1 is 1.38 bits per heavy atom. The van der Waals surface area contributed by atoms with Crippen molar-refractivity contribution >= 4 is 0 Å². The number of ether oxygens (including phenoxy) is 1. The predicted molar refractivity (Wildman–Crippen MR) is 68.8 cm³/mol. The van der Waals surface area contributed by atoms with Gasteiger partial charge in [0.05, 0.1) is 7.11 Å². The third-order valence-electron chi connectivity index (χ3n) is 2.80. The highest BCUT2D eigenvalue weighted by Gasteiger charge is 2.10. The normalized spacial score (nSPS) is 12.2. The van der Waals surface area contributed by atoms with E-state index in [-0.39, 0.29) is 6.04 Å². The van der Waals surface area contributed by atoms with Crippen LogP contribution in [-0.2, 0) is 0 Å². The van der Waals surface area contributed by atoms with Crippen LogP contribution in [0.4, 0.5) is 0 Å². The van der Waals surface area contributed by atoms with Crippen molar-refractivity contribution in [2.45, 2.75) is 32.7 Å². The summed E-state index contributed by atoms with van der Waals surface area (Å²) < 4.78 is 5.33. The van der Waals surface area contributed by atoms with Crippen molar-refractivity contribution in [1.82, 2.24) is 0 Å². The molecular weight excluding hydrogens is 198 g/mol. The summed E-state index contributed by atoms with van der Waals surface area (Å²) in [4.78, 5) is 0. The Bertz CT molecular complexity index is 348. The van der Waals surface area contributed by atoms with Crippen molar-refractivity contribution in [2.24, 2.45) is 5.73 Å². The summed E-state index contributed by atoms with van der Waals surface area (Å²) in [6, 6.07) is 4.31. The quantitative estimate of drug-likeness (QED) is 0.771. The van der Waals surface area contributed by atoms with E-state index >= 15 is 0 Å². The molecule has 0 aliphatic heterocycles. The van der Waals surface area contributed by atoms with Crippen molar-refractivity contribution in [3.8, 4) is 5.75 Å². The van der Waals surface area contributed by atoms with Crippen LogP contribution in [-0.4, -0.2) is 7.11 Å². The van der Waals surface area contributed by atoms with Gasteiger partial charge >= 0.3 is 0 Å². The fraction of sp³-hybridized carbons (Fsp3) is 0.429. The minimum Gasteiger partial charge on any atom is -0.496 e. The first-order valence-electron chi connectivity index (χ1n) is 5.61. The lowest BCUT2D eigenvalue weighted by atomic mass is 9.98. The van der Waals surface area contributed by atoms with Crippen LogP contribution in [0.2, 0.25) is 0 Å². The van der Waals surface area contributed by atoms with Gasteiger partial charge in [-0.1, -0.05) is 18.2 Å². The van der Waals surface area contributed by atoms with Gasteiger partial charge in [0.1, 0.15) is 5.75 Å². The van der Waals surface area contributed by atoms with Gasteiger partial charge in [-0.3, -0.25) is 0 Å². The van der Waals surface area contributed by atoms with Gasteiger partial charge in [0.15, 0.2) is 0 Å². The van der Waals surface area contributed by atoms with E-state index in [4.69, 9.17) is 10.5 Å². The van der Waals surface area contributed by atoms with Crippen LogP contribution < -0.4 is 10.5 Å². The van der Waals surface area contributed by atoms with Gasteiger partial charge in [-0.25, -0.2) is 0 Å². The van der Waals surface area contributed by atoms with Crippen molar-refractivity contribution in [1.29, 1.82) is 0 Å². The Labute approximate surface area is 98.1 Å². The number of hydrogen-bond donors (Lipinski definition) is 1. The van der Waals surface area contributed by atoms with E-state index in [2.05, 4.69) is 32.6 Å². The van der Waals surface area contributed by atoms with Crippen molar-refractivity contribution < 1.29 is 4.74 Å². The summed E-state index contributed by atoms with van der Waals surface area (Å²) in [5.74, 6) is 0.958. The fourth-order valence-corrected chi connectivity index (χ4v) is 1.98. The topological polar surface area (TPSA) is 35.2 Å². The van der Waals surface area contributed by atoms with Gasteiger partial charge in [-0.15, -0.1) is 6.58 Å². The summed E-state index contributed by atoms with van der Waals surface area (Å²) in [6.07, 6.45) is 3.79. The van der Waals surface area contributed by atoms with E-state index in [9.17, 15) is 0 Å². The number of allylic oxidation sites excluding steroid dienone is 1. The number of methoxy groups -OCH3 is 1. The molecular formula is C14H21NO. The standard InChI is InChI=1S/C14H21NO/c1-5-6-7-13(15)12-8-10(2)14(16-4)11(3)9-12/h5,8-9,13H,1,6-7,15H2,2-4H3/t13-/m0/s1. The summed E-state index contributed by atoms with van der Waals surface area (Å²) >= 11 is 0. The van der Waals surface area contributed by atoms with Gasteiger partial charge in [0.25, 0.3) is 0 Å². The number of aryl methyl sites for hydroxylation is 2. The summed E-state index contributed by atoms with van der Waals surface area (Å²) in [5.41, 5.74) is 9.59. The lowest BCUT2D eigenvalue weighted by molar-refractivity contribution is 0.408. The smallest absolute Gasteiger partial charge is 0.124 e. The molecule has 0 aliphatic carbocycles. The lowest BCUT2D eigenvalue weighted by Gasteiger charge is -2.15. The number of hydrogen-bond acceptors (Lipinski definition) is 2. The molecule has 0 fully saturated rings. The maximum Gasteiger partial charge on any atom is 0.124 e. The van der Waals surface area contributed by atoms with Crippen LogP contribution in [0.5, 0.6) is 5.75 Å². The van der Waals surface area contributed by atoms with E-state index in [1.54, 1.807) is 7.11 Å². The van der Waals surface area contributed by atoms with E-state index < -0.39 is 0 Å². The van der Waals surface area contributed by atoms with Crippen LogP contribution in [0.3, 0.4) is 0 Å². The molecule has 0 aromatic heterocycles. The van der Waals surface area contributed by atoms with E-state index in [1.807, 2.05) is 6.08 Å². The Morgan fingerprint density at radius 2 is 1.94 bits per heavy atom. The van der Waals surface area contributed by atoms with Crippen LogP contribution in [0.1, 0.15) is 35.6 Å². The number of benzene rings is 1. The first kappa shape index (κ1) is 12.8. The molecule has 1 rings (SSSR count). The predicted octanol–water partition coefficient (Wildman–Crippen LogP) is 3.28. The molecule has 16 heavy (non-hydrogen) atoms. The van der Waals surface area contributed by atoms with E-state index in [0.717, 1.165) is 29.7 Å². The zero-order chi connectivity index (χ0) is 12.1. The summed E-state index contributed by atoms with van der Waals surface area (Å²) in [5, 5.41) is 0. The SMILES string of the molecule is C=CCC[C@H](N)c1cc(C)c(OC)c(C)c1. The maximum absolute atomic E-state index is 6.12. The fourth-order valence-electron chi connectivity index (χ4n) is 1.98. The number of nitrogens with two attached hydrogens (primary N) is 1. The van der Waals surface area contributed by atoms with Crippen molar-refractivity contribution in [2.75, 3.05) is 7.11 Å². The molecule has 1 aromatic rings. The zero-order valence-corrected chi connectivity index (χ0v) is 10.4. The van der Waals surface area contributed by atoms with Gasteiger partial charge in [-0.05, 0) is 43.4 Å². The van der Waals surface area contributed by atoms with Crippen LogP contribution in [0.15, 0.2) is 24.8 Å². The zero-order valence-electron chi connectivity index (χ0n) is 10.4. The Kier molecular flexibility index (Phi) is 4.56. The largest absolute Gasteiger partial charge is 0.496 e. The van der Waals surface area contributed by atoms with Crippen molar-refractivity contribution in [3.63, 3.8) is 0 Å². The highest BCUT2D eigenvalue weighted by atomic mass is 16.5. The molecule has 2 nitrogen and oxygen atoms in total. The third kappa shape index (κ3) is 2.86. The minimum atomic E-state index is 0.0845. The van der Waals surface area contributed by atoms with Crippen LogP contribution in [0, 0.1) is 13.8 Å². The molecule has 0 aliphatic rings. The molecule has 88 valence electrons. The third-order valence-corrected chi connectivity index (χ3v) is 2.80. The van der Waals surface area contributed by atoms with Crippen molar-refractivity contribution in [3.05, 3.63) is 41.5 Å². The molecule has 2 heteroatoms. The second kappa shape index (κ2) is 5.71. The van der Waals surface area contributed by atoms with Gasteiger partial charge in [-0.2, -0.15) is 0 Å². The van der Waals surface area contributed by atoms with E-state index in [1.165, 1.54) is 5.56 Å². The molecule has 0 saturated heterocycles. The van der Waals surface area contributed by atoms with Gasteiger partial charge in [0.2, 0.25) is 0 Å². The second-order valence-electron chi connectivity index (χ2n) is 4.16. The molecule has 1 atom stereocenters. The molecule has 0 radical (unpaired) electrons. The van der Waals surface area contributed by atoms with Gasteiger partial charge < -0.3 is 10.5 Å². The number of rotatable bonds is 5. The molecule has 0 unspecified atom stereocenters. The van der Waals surface area contributed by atoms with Crippen LogP contribution >= 0.6 is 0 Å². The second-order valence-corrected chi connectivity index (χ2v) is 4.16. The first-order chi connectivity index (χ1) is 7.60. The molecule has 0 saturated carbocycles. The average Bonchev–Trinajstić information content (AvgIpc) is 2.25. The Morgan fingerprint density at radius 3 is 2.38 bits per heavy atom. The van der Waals surface area contributed by atoms with E-state index in [0.29, 0.717) is 0 Å². The average molecular weight is 219 g/mol. The highest BCUT2D eigenvalue weighted by molar-refractivity contribution is 5.44. The molecule has 0 heterocycles.